The summed E-state index contributed by atoms with van der Waals surface area (Å²) in [6.45, 7) is 3.52. The molecule has 144 valence electrons. The van der Waals surface area contributed by atoms with Crippen LogP contribution in [0.1, 0.15) is 35.7 Å². The summed E-state index contributed by atoms with van der Waals surface area (Å²) in [5.41, 5.74) is 5.29. The summed E-state index contributed by atoms with van der Waals surface area (Å²) in [5, 5.41) is 12.9. The number of aromatic nitrogens is 2. The smallest absolute Gasteiger partial charge is 0.323 e. The van der Waals surface area contributed by atoms with Gasteiger partial charge in [0.25, 0.3) is 0 Å². The van der Waals surface area contributed by atoms with Crippen molar-refractivity contribution in [3.8, 4) is 0 Å². The second-order valence-electron chi connectivity index (χ2n) is 7.62. The Hall–Kier alpha value is -2.86. The van der Waals surface area contributed by atoms with Gasteiger partial charge in [0, 0.05) is 18.6 Å². The number of nitrogens with one attached hydrogen (secondary N) is 2. The fourth-order valence-electron chi connectivity index (χ4n) is 4.48. The molecule has 28 heavy (non-hydrogen) atoms. The lowest BCUT2D eigenvalue weighted by Gasteiger charge is -2.23. The largest absolute Gasteiger partial charge is 0.381 e. The van der Waals surface area contributed by atoms with Gasteiger partial charge < -0.3 is 15.4 Å². The number of nitrogens with zero attached hydrogens (tertiary/aromatic N) is 2. The Morgan fingerprint density at radius 3 is 2.64 bits per heavy atom. The molecule has 2 N–H and O–H groups in total. The minimum absolute atomic E-state index is 0.242. The van der Waals surface area contributed by atoms with E-state index >= 15 is 0 Å². The number of benzene rings is 2. The highest BCUT2D eigenvalue weighted by Crippen LogP contribution is 2.35. The van der Waals surface area contributed by atoms with Gasteiger partial charge in [-0.25, -0.2) is 4.79 Å². The fourth-order valence-corrected chi connectivity index (χ4v) is 4.48. The van der Waals surface area contributed by atoms with E-state index in [1.807, 2.05) is 17.7 Å². The zero-order valence-electron chi connectivity index (χ0n) is 16.0. The molecule has 1 fully saturated rings. The van der Waals surface area contributed by atoms with Crippen molar-refractivity contribution >= 4 is 28.2 Å². The van der Waals surface area contributed by atoms with Gasteiger partial charge in [-0.15, -0.1) is 0 Å². The highest BCUT2D eigenvalue weighted by atomic mass is 16.5. The van der Waals surface area contributed by atoms with E-state index in [2.05, 4.69) is 40.0 Å². The number of aryl methyl sites for hydroxylation is 2. The third-order valence-electron chi connectivity index (χ3n) is 5.95. The van der Waals surface area contributed by atoms with E-state index in [4.69, 9.17) is 4.74 Å². The molecule has 2 aromatic carbocycles. The number of urea groups is 1. The maximum absolute atomic E-state index is 12.7. The van der Waals surface area contributed by atoms with Gasteiger partial charge in [-0.2, -0.15) is 5.10 Å². The Balaban J connectivity index is 1.35. The van der Waals surface area contributed by atoms with Gasteiger partial charge >= 0.3 is 6.03 Å². The molecule has 0 unspecified atom stereocenters. The summed E-state index contributed by atoms with van der Waals surface area (Å²) in [5.74, 6) is 0. The Morgan fingerprint density at radius 1 is 1.07 bits per heavy atom. The predicted molar refractivity (Wildman–Crippen MR) is 110 cm³/mol. The van der Waals surface area contributed by atoms with Crippen molar-refractivity contribution in [1.29, 1.82) is 0 Å². The number of hydrogen-bond acceptors (Lipinski definition) is 3. The van der Waals surface area contributed by atoms with Gasteiger partial charge in [-0.05, 0) is 55.2 Å². The summed E-state index contributed by atoms with van der Waals surface area (Å²) in [6.07, 6.45) is 5.79. The molecule has 1 saturated heterocycles. The molecule has 0 bridgehead atoms. The highest BCUT2D eigenvalue weighted by molar-refractivity contribution is 6.08. The topological polar surface area (TPSA) is 68.2 Å². The third-order valence-corrected chi connectivity index (χ3v) is 5.95. The summed E-state index contributed by atoms with van der Waals surface area (Å²) in [7, 11) is 0. The Labute approximate surface area is 163 Å². The molecule has 0 radical (unpaired) electrons. The average Bonchev–Trinajstić information content (AvgIpc) is 3.30. The van der Waals surface area contributed by atoms with Gasteiger partial charge in [0.15, 0.2) is 0 Å². The molecule has 1 aliphatic carbocycles. The lowest BCUT2D eigenvalue weighted by molar-refractivity contribution is 0.0657. The Bertz CT molecular complexity index is 1040. The first-order valence-electron chi connectivity index (χ1n) is 9.94. The number of carbonyl (C=O) groups excluding carboxylic acids is 1. The quantitative estimate of drug-likeness (QED) is 0.710. The molecule has 2 aliphatic rings. The molecule has 0 saturated carbocycles. The van der Waals surface area contributed by atoms with E-state index in [-0.39, 0.29) is 6.03 Å². The van der Waals surface area contributed by atoms with Gasteiger partial charge in [0.05, 0.1) is 29.3 Å². The summed E-state index contributed by atoms with van der Waals surface area (Å²) in [4.78, 5) is 12.7. The van der Waals surface area contributed by atoms with Crippen molar-refractivity contribution in [2.75, 3.05) is 23.8 Å². The number of amides is 2. The molecule has 1 aliphatic heterocycles. The summed E-state index contributed by atoms with van der Waals surface area (Å²) >= 11 is 0. The lowest BCUT2D eigenvalue weighted by Crippen LogP contribution is -2.22. The van der Waals surface area contributed by atoms with Crippen molar-refractivity contribution in [2.45, 2.75) is 38.6 Å². The predicted octanol–water partition coefficient (Wildman–Crippen LogP) is 4.44. The summed E-state index contributed by atoms with van der Waals surface area (Å²) < 4.78 is 7.45. The van der Waals surface area contributed by atoms with E-state index in [1.165, 1.54) is 16.5 Å². The average molecular weight is 376 g/mol. The zero-order valence-corrected chi connectivity index (χ0v) is 16.0. The maximum Gasteiger partial charge on any atom is 0.323 e. The van der Waals surface area contributed by atoms with Gasteiger partial charge in [0.1, 0.15) is 0 Å². The first-order chi connectivity index (χ1) is 13.7. The molecule has 2 amide bonds. The lowest BCUT2D eigenvalue weighted by atomic mass is 10.0. The molecular formula is C22H24N4O2. The number of hydrogen-bond donors (Lipinski definition) is 2. The molecule has 1 aromatic heterocycles. The zero-order chi connectivity index (χ0) is 19.1. The number of carbonyl (C=O) groups is 1. The van der Waals surface area contributed by atoms with E-state index < -0.39 is 0 Å². The SMILES string of the molecule is Cc1c(NC(=O)Nc2ccc3c4c(cccc24)CC3)cnn1C1CCOCC1. The maximum atomic E-state index is 12.7. The van der Waals surface area contributed by atoms with Crippen LogP contribution in [-0.2, 0) is 17.6 Å². The van der Waals surface area contributed by atoms with Crippen LogP contribution in [-0.4, -0.2) is 29.0 Å². The molecule has 3 aromatic rings. The van der Waals surface area contributed by atoms with Crippen LogP contribution in [0, 0.1) is 6.92 Å². The Morgan fingerprint density at radius 2 is 1.82 bits per heavy atom. The molecule has 6 nitrogen and oxygen atoms in total. The van der Waals surface area contributed by atoms with Crippen LogP contribution in [0.15, 0.2) is 36.5 Å². The van der Waals surface area contributed by atoms with Crippen molar-refractivity contribution in [2.24, 2.45) is 0 Å². The van der Waals surface area contributed by atoms with E-state index in [9.17, 15) is 4.79 Å². The van der Waals surface area contributed by atoms with Crippen molar-refractivity contribution in [1.82, 2.24) is 9.78 Å². The van der Waals surface area contributed by atoms with Crippen molar-refractivity contribution in [3.63, 3.8) is 0 Å². The van der Waals surface area contributed by atoms with Crippen LogP contribution in [0.25, 0.3) is 10.8 Å². The first kappa shape index (κ1) is 17.3. The monoisotopic (exact) mass is 376 g/mol. The van der Waals surface area contributed by atoms with Crippen LogP contribution >= 0.6 is 0 Å². The molecule has 5 rings (SSSR count). The molecular weight excluding hydrogens is 352 g/mol. The normalized spacial score (nSPS) is 16.5. The molecule has 0 spiro atoms. The van der Waals surface area contributed by atoms with Crippen LogP contribution in [0.5, 0.6) is 0 Å². The molecule has 2 heterocycles. The van der Waals surface area contributed by atoms with Gasteiger partial charge in [-0.3, -0.25) is 4.68 Å². The van der Waals surface area contributed by atoms with E-state index in [0.717, 1.165) is 61.4 Å². The van der Waals surface area contributed by atoms with Crippen LogP contribution in [0.4, 0.5) is 16.2 Å². The minimum Gasteiger partial charge on any atom is -0.381 e. The van der Waals surface area contributed by atoms with Gasteiger partial charge in [-0.1, -0.05) is 24.3 Å². The van der Waals surface area contributed by atoms with Crippen molar-refractivity contribution < 1.29 is 9.53 Å². The highest BCUT2D eigenvalue weighted by Gasteiger charge is 2.21. The molecule has 0 atom stereocenters. The minimum atomic E-state index is -0.242. The first-order valence-corrected chi connectivity index (χ1v) is 9.94. The van der Waals surface area contributed by atoms with Crippen molar-refractivity contribution in [3.05, 3.63) is 53.3 Å². The number of rotatable bonds is 3. The summed E-state index contributed by atoms with van der Waals surface area (Å²) in [6, 6.07) is 10.6. The van der Waals surface area contributed by atoms with Crippen LogP contribution < -0.4 is 10.6 Å². The van der Waals surface area contributed by atoms with E-state index in [0.29, 0.717) is 6.04 Å². The van der Waals surface area contributed by atoms with E-state index in [1.54, 1.807) is 6.20 Å². The molecule has 6 heteroatoms. The van der Waals surface area contributed by atoms with Crippen LogP contribution in [0.2, 0.25) is 0 Å². The second-order valence-corrected chi connectivity index (χ2v) is 7.62. The third kappa shape index (κ3) is 2.94. The van der Waals surface area contributed by atoms with Crippen LogP contribution in [0.3, 0.4) is 0 Å². The second kappa shape index (κ2) is 6.95. The number of ether oxygens (including phenoxy) is 1. The number of anilines is 2. The Kier molecular flexibility index (Phi) is 4.28. The standard InChI is InChI=1S/C22H24N4O2/c1-14-20(13-23-26(14)17-9-11-28-12-10-17)25-22(27)24-19-8-7-16-6-5-15-3-2-4-18(19)21(15)16/h2-4,7-8,13,17H,5-6,9-12H2,1H3,(H2,24,25,27). The fraction of sp³-hybridized carbons (Fsp3) is 0.364. The van der Waals surface area contributed by atoms with Gasteiger partial charge in [0.2, 0.25) is 0 Å².